The molecule has 2 aliphatic heterocycles. The van der Waals surface area contributed by atoms with Gasteiger partial charge in [0.05, 0.1) is 11.6 Å². The topological polar surface area (TPSA) is 83.8 Å². The van der Waals surface area contributed by atoms with E-state index in [-0.39, 0.29) is 18.0 Å². The van der Waals surface area contributed by atoms with Crippen LogP contribution >= 0.6 is 23.2 Å². The standard InChI is InChI=1S/C29H36Cl2N6O3/c1-18-17-34(13-14-35(18)27(38)25-7-6-12-36(25)28(39)40-29(3,4)5)21-9-11-24-26(16-21)37(33-32-24)19(2)22-10-8-20(30)15-23(22)31/h8-11,15-16,18-19,25H,6-7,12-14,17H2,1-5H3/t18-,19-,25-/m1/s1. The number of anilines is 1. The minimum Gasteiger partial charge on any atom is -0.444 e. The van der Waals surface area contributed by atoms with Crippen LogP contribution in [-0.4, -0.2) is 80.7 Å². The van der Waals surface area contributed by atoms with Crippen LogP contribution in [0.3, 0.4) is 0 Å². The molecule has 5 rings (SSSR count). The molecule has 0 aliphatic carbocycles. The van der Waals surface area contributed by atoms with Crippen LogP contribution in [0.4, 0.5) is 10.5 Å². The van der Waals surface area contributed by atoms with Crippen molar-refractivity contribution in [3.63, 3.8) is 0 Å². The SMILES string of the molecule is C[C@@H]1CN(c2ccc3nnn([C@H](C)c4ccc(Cl)cc4Cl)c3c2)CCN1C(=O)[C@H]1CCCN1C(=O)OC(C)(C)C. The number of halogens is 2. The summed E-state index contributed by atoms with van der Waals surface area (Å²) in [5, 5.41) is 9.96. The lowest BCUT2D eigenvalue weighted by Crippen LogP contribution is -2.58. The highest BCUT2D eigenvalue weighted by Crippen LogP contribution is 2.32. The number of hydrogen-bond acceptors (Lipinski definition) is 6. The quantitative estimate of drug-likeness (QED) is 0.385. The number of fused-ring (bicyclic) bond motifs is 1. The maximum absolute atomic E-state index is 13.6. The van der Waals surface area contributed by atoms with Gasteiger partial charge in [-0.25, -0.2) is 9.48 Å². The van der Waals surface area contributed by atoms with Crippen LogP contribution < -0.4 is 4.90 Å². The van der Waals surface area contributed by atoms with Crippen LogP contribution in [0.25, 0.3) is 11.0 Å². The summed E-state index contributed by atoms with van der Waals surface area (Å²) in [5.74, 6) is 0.00176. The van der Waals surface area contributed by atoms with Crippen molar-refractivity contribution in [2.75, 3.05) is 31.1 Å². The first-order valence-corrected chi connectivity index (χ1v) is 14.5. The zero-order valence-electron chi connectivity index (χ0n) is 23.6. The summed E-state index contributed by atoms with van der Waals surface area (Å²) in [6.45, 7) is 12.1. The fourth-order valence-electron chi connectivity index (χ4n) is 5.65. The Bertz CT molecular complexity index is 1420. The number of benzene rings is 2. The molecule has 3 aromatic rings. The van der Waals surface area contributed by atoms with Gasteiger partial charge in [-0.05, 0) is 83.4 Å². The summed E-state index contributed by atoms with van der Waals surface area (Å²) < 4.78 is 7.45. The predicted molar refractivity (Wildman–Crippen MR) is 157 cm³/mol. The van der Waals surface area contributed by atoms with Crippen LogP contribution in [0, 0.1) is 0 Å². The third kappa shape index (κ3) is 5.72. The number of nitrogens with zero attached hydrogens (tertiary/aromatic N) is 6. The number of likely N-dealkylation sites (tertiary alicyclic amines) is 1. The average molecular weight is 588 g/mol. The zero-order chi connectivity index (χ0) is 28.8. The lowest BCUT2D eigenvalue weighted by atomic mass is 10.1. The minimum atomic E-state index is -0.600. The molecular formula is C29H36Cl2N6O3. The number of piperazine rings is 1. The molecule has 3 heterocycles. The molecular weight excluding hydrogens is 551 g/mol. The first kappa shape index (κ1) is 28.5. The van der Waals surface area contributed by atoms with Crippen LogP contribution in [0.15, 0.2) is 36.4 Å². The van der Waals surface area contributed by atoms with E-state index in [2.05, 4.69) is 28.2 Å². The molecule has 0 bridgehead atoms. The summed E-state index contributed by atoms with van der Waals surface area (Å²) in [4.78, 5) is 32.2. The predicted octanol–water partition coefficient (Wildman–Crippen LogP) is 5.78. The highest BCUT2D eigenvalue weighted by molar-refractivity contribution is 6.35. The Morgan fingerprint density at radius 3 is 2.52 bits per heavy atom. The van der Waals surface area contributed by atoms with E-state index in [1.165, 1.54) is 0 Å². The Morgan fingerprint density at radius 2 is 1.82 bits per heavy atom. The molecule has 0 saturated carbocycles. The smallest absolute Gasteiger partial charge is 0.410 e. The fraction of sp³-hybridized carbons (Fsp3) is 0.517. The number of ether oxygens (including phenoxy) is 1. The molecule has 0 radical (unpaired) electrons. The van der Waals surface area contributed by atoms with Gasteiger partial charge in [-0.3, -0.25) is 9.69 Å². The molecule has 2 aliphatic rings. The Morgan fingerprint density at radius 1 is 1.05 bits per heavy atom. The van der Waals surface area contributed by atoms with Crippen LogP contribution in [0.1, 0.15) is 59.1 Å². The maximum atomic E-state index is 13.6. The van der Waals surface area contributed by atoms with Crippen molar-refractivity contribution >= 4 is 51.9 Å². The zero-order valence-corrected chi connectivity index (χ0v) is 25.1. The summed E-state index contributed by atoms with van der Waals surface area (Å²) in [6.07, 6.45) is 1.04. The molecule has 0 spiro atoms. The summed E-state index contributed by atoms with van der Waals surface area (Å²) in [6, 6.07) is 11.0. The molecule has 0 N–H and O–H groups in total. The van der Waals surface area contributed by atoms with Gasteiger partial charge >= 0.3 is 6.09 Å². The van der Waals surface area contributed by atoms with E-state index in [0.717, 1.165) is 28.7 Å². The molecule has 2 saturated heterocycles. The third-order valence-electron chi connectivity index (χ3n) is 7.68. The number of hydrogen-bond donors (Lipinski definition) is 0. The average Bonchev–Trinajstić information content (AvgIpc) is 3.54. The molecule has 2 aromatic carbocycles. The van der Waals surface area contributed by atoms with E-state index in [4.69, 9.17) is 27.9 Å². The van der Waals surface area contributed by atoms with Gasteiger partial charge in [0.15, 0.2) is 0 Å². The van der Waals surface area contributed by atoms with E-state index >= 15 is 0 Å². The van der Waals surface area contributed by atoms with Gasteiger partial charge in [0.1, 0.15) is 17.2 Å². The largest absolute Gasteiger partial charge is 0.444 e. The van der Waals surface area contributed by atoms with Gasteiger partial charge in [-0.1, -0.05) is 34.5 Å². The summed E-state index contributed by atoms with van der Waals surface area (Å²) in [7, 11) is 0. The van der Waals surface area contributed by atoms with Crippen LogP contribution in [-0.2, 0) is 9.53 Å². The van der Waals surface area contributed by atoms with Gasteiger partial charge in [-0.15, -0.1) is 5.10 Å². The summed E-state index contributed by atoms with van der Waals surface area (Å²) in [5.41, 5.74) is 3.06. The van der Waals surface area contributed by atoms with Crippen molar-refractivity contribution in [3.8, 4) is 0 Å². The molecule has 214 valence electrons. The first-order valence-electron chi connectivity index (χ1n) is 13.8. The molecule has 40 heavy (non-hydrogen) atoms. The van der Waals surface area contributed by atoms with Crippen molar-refractivity contribution in [1.29, 1.82) is 0 Å². The lowest BCUT2D eigenvalue weighted by Gasteiger charge is -2.42. The number of aromatic nitrogens is 3. The normalized spacial score (nSPS) is 20.7. The highest BCUT2D eigenvalue weighted by atomic mass is 35.5. The van der Waals surface area contributed by atoms with Crippen molar-refractivity contribution in [1.82, 2.24) is 24.8 Å². The van der Waals surface area contributed by atoms with Crippen molar-refractivity contribution < 1.29 is 14.3 Å². The van der Waals surface area contributed by atoms with Gasteiger partial charge < -0.3 is 14.5 Å². The molecule has 0 unspecified atom stereocenters. The minimum absolute atomic E-state index is 0.00176. The molecule has 2 amide bonds. The number of carbonyl (C=O) groups is 2. The van der Waals surface area contributed by atoms with E-state index in [9.17, 15) is 9.59 Å². The van der Waals surface area contributed by atoms with Crippen molar-refractivity contribution in [2.24, 2.45) is 0 Å². The van der Waals surface area contributed by atoms with Crippen molar-refractivity contribution in [3.05, 3.63) is 52.0 Å². The molecule has 2 fully saturated rings. The molecule has 11 heteroatoms. The Balaban J connectivity index is 1.30. The van der Waals surface area contributed by atoms with E-state index in [0.29, 0.717) is 42.6 Å². The van der Waals surface area contributed by atoms with Gasteiger partial charge in [0.25, 0.3) is 0 Å². The Hall–Kier alpha value is -3.04. The van der Waals surface area contributed by atoms with Crippen LogP contribution in [0.5, 0.6) is 0 Å². The second-order valence-electron chi connectivity index (χ2n) is 11.7. The number of amides is 2. The molecule has 3 atom stereocenters. The second-order valence-corrected chi connectivity index (χ2v) is 12.6. The molecule has 1 aromatic heterocycles. The Labute approximate surface area is 244 Å². The summed E-state index contributed by atoms with van der Waals surface area (Å²) >= 11 is 12.6. The second kappa shape index (κ2) is 11.1. The van der Waals surface area contributed by atoms with Crippen molar-refractivity contribution in [2.45, 2.75) is 71.2 Å². The lowest BCUT2D eigenvalue weighted by molar-refractivity contribution is -0.138. The van der Waals surface area contributed by atoms with Gasteiger partial charge in [0.2, 0.25) is 5.91 Å². The fourth-order valence-corrected chi connectivity index (χ4v) is 6.22. The maximum Gasteiger partial charge on any atom is 0.410 e. The first-order chi connectivity index (χ1) is 18.9. The van der Waals surface area contributed by atoms with Gasteiger partial charge in [0, 0.05) is 48.0 Å². The Kier molecular flexibility index (Phi) is 7.90. The van der Waals surface area contributed by atoms with Gasteiger partial charge in [-0.2, -0.15) is 0 Å². The monoisotopic (exact) mass is 586 g/mol. The number of carbonyl (C=O) groups excluding carboxylic acids is 2. The van der Waals surface area contributed by atoms with E-state index in [1.807, 2.05) is 61.5 Å². The van der Waals surface area contributed by atoms with E-state index in [1.54, 1.807) is 11.0 Å². The highest BCUT2D eigenvalue weighted by Gasteiger charge is 2.41. The molecule has 9 nitrogen and oxygen atoms in total. The van der Waals surface area contributed by atoms with Crippen LogP contribution in [0.2, 0.25) is 10.0 Å². The van der Waals surface area contributed by atoms with E-state index < -0.39 is 17.7 Å². The number of rotatable bonds is 4. The third-order valence-corrected chi connectivity index (χ3v) is 8.24.